The van der Waals surface area contributed by atoms with E-state index in [4.69, 9.17) is 9.72 Å². The zero-order valence-corrected chi connectivity index (χ0v) is 15.1. The zero-order chi connectivity index (χ0) is 14.6. The molecule has 2 aliphatic heterocycles. The number of benzene rings is 1. The molecule has 0 bridgehead atoms. The Labute approximate surface area is 144 Å². The van der Waals surface area contributed by atoms with E-state index in [1.807, 2.05) is 16.7 Å². The molecule has 21 heavy (non-hydrogen) atoms. The highest BCUT2D eigenvalue weighted by molar-refractivity contribution is 14.1. The lowest BCUT2D eigenvalue weighted by Crippen LogP contribution is -2.34. The molecule has 1 fully saturated rings. The molecule has 4 rings (SSSR count). The summed E-state index contributed by atoms with van der Waals surface area (Å²) >= 11 is 5.73. The summed E-state index contributed by atoms with van der Waals surface area (Å²) in [6.45, 7) is 2.32. The number of ether oxygens (including phenoxy) is 1. The predicted molar refractivity (Wildman–Crippen MR) is 92.8 cm³/mol. The van der Waals surface area contributed by atoms with Crippen LogP contribution in [0.3, 0.4) is 0 Å². The van der Waals surface area contributed by atoms with Gasteiger partial charge in [-0.3, -0.25) is 9.36 Å². The van der Waals surface area contributed by atoms with Crippen LogP contribution in [-0.2, 0) is 16.7 Å². The summed E-state index contributed by atoms with van der Waals surface area (Å²) in [4.78, 5) is 17.7. The van der Waals surface area contributed by atoms with Gasteiger partial charge in [0.25, 0.3) is 5.56 Å². The predicted octanol–water partition coefficient (Wildman–Crippen LogP) is 3.22. The highest BCUT2D eigenvalue weighted by Gasteiger charge is 2.42. The summed E-state index contributed by atoms with van der Waals surface area (Å²) in [5.74, 6) is 0.975. The quantitative estimate of drug-likeness (QED) is 0.567. The second kappa shape index (κ2) is 5.03. The number of fused-ring (bicyclic) bond motifs is 3. The molecule has 2 aromatic rings. The van der Waals surface area contributed by atoms with Gasteiger partial charge in [-0.25, -0.2) is 4.98 Å². The number of halogens is 2. The molecule has 0 amide bonds. The van der Waals surface area contributed by atoms with Crippen LogP contribution in [0.1, 0.15) is 25.1 Å². The first kappa shape index (κ1) is 14.1. The largest absolute Gasteiger partial charge is 0.381 e. The third-order valence-corrected chi connectivity index (χ3v) is 6.00. The topological polar surface area (TPSA) is 44.1 Å². The Balaban J connectivity index is 2.02. The van der Waals surface area contributed by atoms with Crippen molar-refractivity contribution in [2.75, 3.05) is 13.2 Å². The van der Waals surface area contributed by atoms with E-state index in [0.717, 1.165) is 58.4 Å². The van der Waals surface area contributed by atoms with Crippen LogP contribution in [0.15, 0.2) is 21.4 Å². The number of hydrogen-bond donors (Lipinski definition) is 0. The Morgan fingerprint density at radius 1 is 1.29 bits per heavy atom. The summed E-state index contributed by atoms with van der Waals surface area (Å²) in [5, 5.41) is 0.710. The van der Waals surface area contributed by atoms with Crippen LogP contribution < -0.4 is 5.56 Å². The van der Waals surface area contributed by atoms with E-state index in [2.05, 4.69) is 38.5 Å². The molecule has 0 radical (unpaired) electrons. The van der Waals surface area contributed by atoms with Crippen molar-refractivity contribution in [2.24, 2.45) is 0 Å². The van der Waals surface area contributed by atoms with Crippen molar-refractivity contribution < 1.29 is 4.74 Å². The fraction of sp³-hybridized carbons (Fsp3) is 0.467. The fourth-order valence-electron chi connectivity index (χ4n) is 3.54. The maximum absolute atomic E-state index is 12.8. The Hall–Kier alpha value is -0.470. The van der Waals surface area contributed by atoms with Gasteiger partial charge in [0.1, 0.15) is 5.82 Å². The first-order valence-electron chi connectivity index (χ1n) is 7.09. The molecule has 4 nitrogen and oxygen atoms in total. The van der Waals surface area contributed by atoms with Crippen molar-refractivity contribution in [2.45, 2.75) is 31.2 Å². The minimum absolute atomic E-state index is 0.0434. The number of aromatic nitrogens is 2. The van der Waals surface area contributed by atoms with Crippen molar-refractivity contribution in [3.8, 4) is 0 Å². The van der Waals surface area contributed by atoms with Crippen molar-refractivity contribution in [1.29, 1.82) is 0 Å². The van der Waals surface area contributed by atoms with Crippen molar-refractivity contribution in [1.82, 2.24) is 9.55 Å². The van der Waals surface area contributed by atoms with E-state index in [1.165, 1.54) is 0 Å². The van der Waals surface area contributed by atoms with Gasteiger partial charge in [0.05, 0.1) is 10.9 Å². The molecule has 110 valence electrons. The van der Waals surface area contributed by atoms with Gasteiger partial charge < -0.3 is 4.74 Å². The van der Waals surface area contributed by atoms with E-state index in [9.17, 15) is 4.79 Å². The van der Waals surface area contributed by atoms with Crippen LogP contribution in [-0.4, -0.2) is 22.8 Å². The summed E-state index contributed by atoms with van der Waals surface area (Å²) in [6, 6.07) is 3.90. The van der Waals surface area contributed by atoms with E-state index >= 15 is 0 Å². The Kier molecular flexibility index (Phi) is 3.38. The molecular weight excluding hydrogens is 447 g/mol. The van der Waals surface area contributed by atoms with Gasteiger partial charge in [-0.1, -0.05) is 15.9 Å². The molecule has 0 aliphatic carbocycles. The first-order valence-corrected chi connectivity index (χ1v) is 8.96. The lowest BCUT2D eigenvalue weighted by Gasteiger charge is -2.32. The summed E-state index contributed by atoms with van der Waals surface area (Å²) in [5.41, 5.74) is 0.974. The Bertz CT molecular complexity index is 796. The molecule has 0 N–H and O–H groups in total. The van der Waals surface area contributed by atoms with Crippen LogP contribution in [0.4, 0.5) is 0 Å². The molecule has 1 aromatic carbocycles. The van der Waals surface area contributed by atoms with E-state index in [-0.39, 0.29) is 11.0 Å². The van der Waals surface area contributed by atoms with Crippen molar-refractivity contribution in [3.63, 3.8) is 0 Å². The molecule has 0 atom stereocenters. The third-order valence-electron chi connectivity index (χ3n) is 4.72. The lowest BCUT2D eigenvalue weighted by atomic mass is 9.78. The molecule has 0 saturated carbocycles. The molecule has 0 unspecified atom stereocenters. The second-order valence-electron chi connectivity index (χ2n) is 5.82. The normalized spacial score (nSPS) is 20.1. The highest BCUT2D eigenvalue weighted by atomic mass is 127. The van der Waals surface area contributed by atoms with E-state index in [1.54, 1.807) is 0 Å². The molecule has 1 spiro atoms. The van der Waals surface area contributed by atoms with Crippen LogP contribution in [0.25, 0.3) is 10.9 Å². The summed E-state index contributed by atoms with van der Waals surface area (Å²) in [7, 11) is 0. The van der Waals surface area contributed by atoms with Gasteiger partial charge >= 0.3 is 0 Å². The smallest absolute Gasteiger partial charge is 0.261 e. The lowest BCUT2D eigenvalue weighted by molar-refractivity contribution is 0.0492. The van der Waals surface area contributed by atoms with Gasteiger partial charge in [-0.2, -0.15) is 0 Å². The standard InChI is InChI=1S/C15H14BrIN2O2/c16-9-7-10-12(11(17)8-9)18-14-15(2-5-21-6-3-15)1-4-19(14)13(10)20/h7-8H,1-6H2. The second-order valence-corrected chi connectivity index (χ2v) is 7.90. The van der Waals surface area contributed by atoms with Crippen LogP contribution in [0, 0.1) is 3.57 Å². The Morgan fingerprint density at radius 2 is 2.05 bits per heavy atom. The molecule has 3 heterocycles. The van der Waals surface area contributed by atoms with Gasteiger partial charge in [-0.15, -0.1) is 0 Å². The minimum atomic E-state index is 0.0434. The molecule has 2 aliphatic rings. The SMILES string of the molecule is O=c1c2cc(Br)cc(I)c2nc2n1CCC21CCOCC1. The fourth-order valence-corrected chi connectivity index (χ4v) is 5.17. The van der Waals surface area contributed by atoms with Crippen LogP contribution in [0.2, 0.25) is 0 Å². The summed E-state index contributed by atoms with van der Waals surface area (Å²) in [6.07, 6.45) is 2.95. The first-order chi connectivity index (χ1) is 10.1. The van der Waals surface area contributed by atoms with E-state index in [0.29, 0.717) is 5.39 Å². The number of rotatable bonds is 0. The van der Waals surface area contributed by atoms with Gasteiger partial charge in [-0.05, 0) is 54.0 Å². The van der Waals surface area contributed by atoms with Crippen molar-refractivity contribution in [3.05, 3.63) is 36.4 Å². The molecule has 1 saturated heterocycles. The maximum atomic E-state index is 12.8. The van der Waals surface area contributed by atoms with Crippen LogP contribution >= 0.6 is 38.5 Å². The third kappa shape index (κ3) is 2.09. The van der Waals surface area contributed by atoms with Crippen LogP contribution in [0.5, 0.6) is 0 Å². The Morgan fingerprint density at radius 3 is 2.81 bits per heavy atom. The highest BCUT2D eigenvalue weighted by Crippen LogP contribution is 2.41. The minimum Gasteiger partial charge on any atom is -0.381 e. The van der Waals surface area contributed by atoms with Gasteiger partial charge in [0, 0.05) is 33.2 Å². The molecule has 6 heteroatoms. The van der Waals surface area contributed by atoms with Gasteiger partial charge in [0.15, 0.2) is 0 Å². The van der Waals surface area contributed by atoms with Gasteiger partial charge in [0.2, 0.25) is 0 Å². The molecule has 1 aromatic heterocycles. The number of hydrogen-bond acceptors (Lipinski definition) is 3. The average Bonchev–Trinajstić information content (AvgIpc) is 2.80. The number of nitrogens with zero attached hydrogens (tertiary/aromatic N) is 2. The summed E-state index contributed by atoms with van der Waals surface area (Å²) < 4.78 is 9.34. The maximum Gasteiger partial charge on any atom is 0.261 e. The van der Waals surface area contributed by atoms with E-state index < -0.39 is 0 Å². The zero-order valence-electron chi connectivity index (χ0n) is 11.4. The average molecular weight is 461 g/mol. The monoisotopic (exact) mass is 460 g/mol. The van der Waals surface area contributed by atoms with Crippen molar-refractivity contribution >= 4 is 49.4 Å². The molecular formula is C15H14BrIN2O2.